The molecule has 1 aliphatic carbocycles. The van der Waals surface area contributed by atoms with Crippen LogP contribution in [0.2, 0.25) is 0 Å². The lowest BCUT2D eigenvalue weighted by Crippen LogP contribution is -2.25. The highest BCUT2D eigenvalue weighted by Crippen LogP contribution is 2.26. The molecule has 1 N–H and O–H groups in total. The van der Waals surface area contributed by atoms with E-state index < -0.39 is 10.0 Å². The molecule has 0 unspecified atom stereocenters. The number of anilines is 1. The lowest BCUT2D eigenvalue weighted by Gasteiger charge is -2.13. The summed E-state index contributed by atoms with van der Waals surface area (Å²) in [6.45, 7) is 0. The highest BCUT2D eigenvalue weighted by molar-refractivity contribution is 7.93. The Balaban J connectivity index is 2.25. The van der Waals surface area contributed by atoms with Crippen LogP contribution in [0.1, 0.15) is 36.8 Å². The van der Waals surface area contributed by atoms with E-state index in [2.05, 4.69) is 4.72 Å². The summed E-state index contributed by atoms with van der Waals surface area (Å²) in [6.07, 6.45) is 3.22. The summed E-state index contributed by atoms with van der Waals surface area (Å²) in [5.41, 5.74) is 0.753. The third kappa shape index (κ3) is 2.86. The van der Waals surface area contributed by atoms with Crippen molar-refractivity contribution in [2.45, 2.75) is 30.9 Å². The molecule has 0 aliphatic heterocycles. The third-order valence-electron chi connectivity index (χ3n) is 3.26. The summed E-state index contributed by atoms with van der Waals surface area (Å²) in [5, 5.41) is 17.4. The van der Waals surface area contributed by atoms with Crippen LogP contribution in [-0.2, 0) is 10.0 Å². The number of hydrogen-bond donors (Lipinski definition) is 1. The Kier molecular flexibility index (Phi) is 3.73. The second kappa shape index (κ2) is 5.29. The number of nitrogens with one attached hydrogen (secondary N) is 1. The van der Waals surface area contributed by atoms with E-state index in [4.69, 9.17) is 10.5 Å². The molecule has 1 aliphatic rings. The van der Waals surface area contributed by atoms with Crippen LogP contribution in [0.4, 0.5) is 5.69 Å². The lowest BCUT2D eigenvalue weighted by molar-refractivity contribution is 0.585. The molecule has 0 radical (unpaired) electrons. The molecule has 98 valence electrons. The SMILES string of the molecule is N#Cc1ccc(NS(=O)(=O)C2CCCC2)cc1C#N. The Labute approximate surface area is 112 Å². The number of nitriles is 2. The molecule has 0 amide bonds. The highest BCUT2D eigenvalue weighted by Gasteiger charge is 2.28. The Morgan fingerprint density at radius 1 is 1.11 bits per heavy atom. The molecule has 1 aromatic carbocycles. The zero-order valence-corrected chi connectivity index (χ0v) is 11.1. The monoisotopic (exact) mass is 275 g/mol. The molecule has 2 rings (SSSR count). The van der Waals surface area contributed by atoms with Gasteiger partial charge in [0, 0.05) is 5.69 Å². The second-order valence-electron chi connectivity index (χ2n) is 4.54. The van der Waals surface area contributed by atoms with Gasteiger partial charge in [-0.15, -0.1) is 0 Å². The summed E-state index contributed by atoms with van der Waals surface area (Å²) in [4.78, 5) is 0. The summed E-state index contributed by atoms with van der Waals surface area (Å²) in [7, 11) is -3.40. The topological polar surface area (TPSA) is 93.8 Å². The van der Waals surface area contributed by atoms with E-state index >= 15 is 0 Å². The largest absolute Gasteiger partial charge is 0.283 e. The molecule has 0 bridgehead atoms. The molecule has 19 heavy (non-hydrogen) atoms. The van der Waals surface area contributed by atoms with Crippen LogP contribution in [-0.4, -0.2) is 13.7 Å². The van der Waals surface area contributed by atoms with Crippen LogP contribution in [0.3, 0.4) is 0 Å². The van der Waals surface area contributed by atoms with Crippen molar-refractivity contribution >= 4 is 15.7 Å². The van der Waals surface area contributed by atoms with Gasteiger partial charge in [0.05, 0.1) is 16.4 Å². The average Bonchev–Trinajstić information content (AvgIpc) is 2.93. The predicted octanol–water partition coefficient (Wildman–Crippen LogP) is 2.11. The van der Waals surface area contributed by atoms with Gasteiger partial charge in [-0.25, -0.2) is 8.42 Å². The van der Waals surface area contributed by atoms with Gasteiger partial charge in [0.2, 0.25) is 10.0 Å². The molecule has 0 saturated heterocycles. The fourth-order valence-electron chi connectivity index (χ4n) is 2.24. The molecule has 0 aromatic heterocycles. The van der Waals surface area contributed by atoms with Crippen LogP contribution in [0, 0.1) is 22.7 Å². The quantitative estimate of drug-likeness (QED) is 0.914. The molecule has 0 atom stereocenters. The smallest absolute Gasteiger partial charge is 0.235 e. The second-order valence-corrected chi connectivity index (χ2v) is 6.50. The van der Waals surface area contributed by atoms with Crippen molar-refractivity contribution in [3.8, 4) is 12.1 Å². The first-order valence-corrected chi connectivity index (χ1v) is 7.57. The first-order valence-electron chi connectivity index (χ1n) is 6.02. The fourth-order valence-corrected chi connectivity index (χ4v) is 3.82. The van der Waals surface area contributed by atoms with Gasteiger partial charge in [0.1, 0.15) is 12.1 Å². The van der Waals surface area contributed by atoms with E-state index in [0.29, 0.717) is 18.5 Å². The van der Waals surface area contributed by atoms with Crippen LogP contribution in [0.25, 0.3) is 0 Å². The maximum absolute atomic E-state index is 12.1. The van der Waals surface area contributed by atoms with Gasteiger partial charge in [-0.2, -0.15) is 10.5 Å². The van der Waals surface area contributed by atoms with Gasteiger partial charge in [-0.3, -0.25) is 4.72 Å². The van der Waals surface area contributed by atoms with E-state index in [-0.39, 0.29) is 16.4 Å². The molecular formula is C13H13N3O2S. The fraction of sp³-hybridized carbons (Fsp3) is 0.385. The minimum atomic E-state index is -3.40. The van der Waals surface area contributed by atoms with E-state index in [1.54, 1.807) is 0 Å². The minimum Gasteiger partial charge on any atom is -0.283 e. The minimum absolute atomic E-state index is 0.175. The number of benzene rings is 1. The van der Waals surface area contributed by atoms with Crippen molar-refractivity contribution in [3.05, 3.63) is 29.3 Å². The van der Waals surface area contributed by atoms with E-state index in [1.807, 2.05) is 12.1 Å². The molecule has 0 heterocycles. The maximum Gasteiger partial charge on any atom is 0.235 e. The molecule has 6 heteroatoms. The highest BCUT2D eigenvalue weighted by atomic mass is 32.2. The number of hydrogen-bond acceptors (Lipinski definition) is 4. The van der Waals surface area contributed by atoms with Crippen LogP contribution >= 0.6 is 0 Å². The van der Waals surface area contributed by atoms with Gasteiger partial charge >= 0.3 is 0 Å². The summed E-state index contributed by atoms with van der Waals surface area (Å²) >= 11 is 0. The average molecular weight is 275 g/mol. The van der Waals surface area contributed by atoms with Crippen LogP contribution < -0.4 is 4.72 Å². The number of nitrogens with zero attached hydrogens (tertiary/aromatic N) is 2. The number of sulfonamides is 1. The van der Waals surface area contributed by atoms with Crippen molar-refractivity contribution in [2.24, 2.45) is 0 Å². The summed E-state index contributed by atoms with van der Waals surface area (Å²) in [6, 6.07) is 8.13. The predicted molar refractivity (Wildman–Crippen MR) is 70.7 cm³/mol. The zero-order chi connectivity index (χ0) is 13.9. The van der Waals surface area contributed by atoms with Crippen molar-refractivity contribution in [2.75, 3.05) is 4.72 Å². The van der Waals surface area contributed by atoms with Crippen molar-refractivity contribution in [1.29, 1.82) is 10.5 Å². The van der Waals surface area contributed by atoms with E-state index in [9.17, 15) is 8.42 Å². The Morgan fingerprint density at radius 3 is 2.32 bits per heavy atom. The first-order chi connectivity index (χ1) is 9.06. The van der Waals surface area contributed by atoms with Crippen LogP contribution in [0.5, 0.6) is 0 Å². The normalized spacial score (nSPS) is 15.7. The number of rotatable bonds is 3. The van der Waals surface area contributed by atoms with Crippen molar-refractivity contribution < 1.29 is 8.42 Å². The molecule has 0 spiro atoms. The van der Waals surface area contributed by atoms with Gasteiger partial charge in [-0.1, -0.05) is 12.8 Å². The van der Waals surface area contributed by atoms with Crippen molar-refractivity contribution in [3.63, 3.8) is 0 Å². The van der Waals surface area contributed by atoms with E-state index in [1.165, 1.54) is 18.2 Å². The van der Waals surface area contributed by atoms with Gasteiger partial charge < -0.3 is 0 Å². The molecule has 1 fully saturated rings. The maximum atomic E-state index is 12.1. The van der Waals surface area contributed by atoms with Crippen molar-refractivity contribution in [1.82, 2.24) is 0 Å². The van der Waals surface area contributed by atoms with Gasteiger partial charge in [0.25, 0.3) is 0 Å². The summed E-state index contributed by atoms with van der Waals surface area (Å²) in [5.74, 6) is 0. The van der Waals surface area contributed by atoms with Gasteiger partial charge in [0.15, 0.2) is 0 Å². The molecular weight excluding hydrogens is 262 g/mol. The lowest BCUT2D eigenvalue weighted by atomic mass is 10.1. The standard InChI is InChI=1S/C13H13N3O2S/c14-8-10-5-6-12(7-11(10)9-15)16-19(17,18)13-3-1-2-4-13/h5-7,13,16H,1-4H2. The molecule has 1 saturated carbocycles. The van der Waals surface area contributed by atoms with E-state index in [0.717, 1.165) is 12.8 Å². The summed E-state index contributed by atoms with van der Waals surface area (Å²) < 4.78 is 26.7. The Morgan fingerprint density at radius 2 is 1.74 bits per heavy atom. The molecule has 5 nitrogen and oxygen atoms in total. The zero-order valence-electron chi connectivity index (χ0n) is 10.3. The first kappa shape index (κ1) is 13.4. The Hall–Kier alpha value is -2.05. The molecule has 1 aromatic rings. The van der Waals surface area contributed by atoms with Gasteiger partial charge in [-0.05, 0) is 31.0 Å². The third-order valence-corrected chi connectivity index (χ3v) is 5.13. The van der Waals surface area contributed by atoms with Crippen LogP contribution in [0.15, 0.2) is 18.2 Å². The Bertz CT molecular complexity index is 662.